The summed E-state index contributed by atoms with van der Waals surface area (Å²) in [4.78, 5) is 18.7. The van der Waals surface area contributed by atoms with Crippen molar-refractivity contribution in [3.05, 3.63) is 0 Å². The molecule has 0 unspecified atom stereocenters. The fraction of sp³-hybridized carbons (Fsp3) is 0.857. The largest absolute Gasteiger partial charge is 2.00 e. The summed E-state index contributed by atoms with van der Waals surface area (Å²) in [6, 6.07) is 2.83. The molecule has 0 bridgehead atoms. The quantitative estimate of drug-likeness (QED) is 0.151. The molecular formula is C21H42ClN5NiO8. The Labute approximate surface area is 226 Å². The predicted molar refractivity (Wildman–Crippen MR) is 117 cm³/mol. The van der Waals surface area contributed by atoms with Crippen LogP contribution in [0.25, 0.3) is 0 Å². The second-order valence-electron chi connectivity index (χ2n) is 9.28. The van der Waals surface area contributed by atoms with Gasteiger partial charge in [-0.1, -0.05) is 0 Å². The fourth-order valence-corrected chi connectivity index (χ4v) is 3.38. The van der Waals surface area contributed by atoms with Gasteiger partial charge in [0.25, 0.3) is 0 Å². The van der Waals surface area contributed by atoms with Gasteiger partial charge in [-0.05, 0) is 54.4 Å². The third-order valence-electron chi connectivity index (χ3n) is 4.37. The zero-order valence-corrected chi connectivity index (χ0v) is 23.8. The molecule has 216 valence electrons. The van der Waals surface area contributed by atoms with Crippen molar-refractivity contribution in [2.45, 2.75) is 90.9 Å². The summed E-state index contributed by atoms with van der Waals surface area (Å²) in [5.41, 5.74) is 0.377. The minimum atomic E-state index is -4.94. The molecule has 0 radical (unpaired) electrons. The van der Waals surface area contributed by atoms with Crippen LogP contribution in [0.15, 0.2) is 0 Å². The summed E-state index contributed by atoms with van der Waals surface area (Å²) in [5.74, 6) is -2.94. The van der Waals surface area contributed by atoms with E-state index in [0.29, 0.717) is 12.1 Å². The molecule has 0 aliphatic carbocycles. The van der Waals surface area contributed by atoms with E-state index in [0.717, 1.165) is 39.0 Å². The van der Waals surface area contributed by atoms with Gasteiger partial charge in [-0.2, -0.15) is 5.26 Å². The number of nitrogens with one attached hydrogen (secondary N) is 4. The molecule has 36 heavy (non-hydrogen) atoms. The number of carbonyl (C=O) groups is 2. The third kappa shape index (κ3) is 40.1. The first-order valence-electron chi connectivity index (χ1n) is 11.1. The van der Waals surface area contributed by atoms with Gasteiger partial charge in [0.1, 0.15) is 0 Å². The normalized spacial score (nSPS) is 21.9. The van der Waals surface area contributed by atoms with Crippen LogP contribution in [0.5, 0.6) is 0 Å². The predicted octanol–water partition coefficient (Wildman–Crippen LogP) is -4.54. The van der Waals surface area contributed by atoms with Crippen LogP contribution in [0.2, 0.25) is 0 Å². The summed E-state index contributed by atoms with van der Waals surface area (Å²) < 4.78 is 34.0. The molecule has 5 N–H and O–H groups in total. The topological polar surface area (TPSA) is 242 Å². The van der Waals surface area contributed by atoms with E-state index in [1.165, 1.54) is 6.92 Å². The first-order valence-corrected chi connectivity index (χ1v) is 12.3. The first kappa shape index (κ1) is 42.0. The molecule has 0 aromatic heterocycles. The van der Waals surface area contributed by atoms with E-state index in [2.05, 4.69) is 62.8 Å². The van der Waals surface area contributed by atoms with Crippen LogP contribution >= 0.6 is 0 Å². The number of nitrogens with zero attached hydrogens (tertiary/aromatic N) is 1. The van der Waals surface area contributed by atoms with Crippen molar-refractivity contribution in [3.8, 4) is 6.07 Å². The minimum Gasteiger partial charge on any atom is -0.550 e. The maximum atomic E-state index is 9.39. The SMILES string of the molecule is CC#N.C[C@H]1CC(C)(C)NCCN[C@@H](C)CC(C)(C)NCCN1.O=C([O-])CC(=O)O.[Ni+2].[O-][Cl+3]([O-])([O-])[O-]. The van der Waals surface area contributed by atoms with E-state index in [1.54, 1.807) is 6.07 Å². The molecule has 0 saturated carbocycles. The van der Waals surface area contributed by atoms with Gasteiger partial charge in [0.2, 0.25) is 0 Å². The Kier molecular flexibility index (Phi) is 25.6. The van der Waals surface area contributed by atoms with Gasteiger partial charge >= 0.3 is 22.5 Å². The van der Waals surface area contributed by atoms with Crippen molar-refractivity contribution in [2.24, 2.45) is 0 Å². The van der Waals surface area contributed by atoms with Gasteiger partial charge in [-0.3, -0.25) is 4.79 Å². The van der Waals surface area contributed by atoms with Crippen molar-refractivity contribution >= 4 is 11.9 Å². The van der Waals surface area contributed by atoms with Crippen LogP contribution in [0.1, 0.15) is 67.7 Å². The van der Waals surface area contributed by atoms with Crippen molar-refractivity contribution in [2.75, 3.05) is 26.2 Å². The smallest absolute Gasteiger partial charge is 0.550 e. The van der Waals surface area contributed by atoms with Crippen molar-refractivity contribution in [1.29, 1.82) is 5.26 Å². The summed E-state index contributed by atoms with van der Waals surface area (Å²) in [6.45, 7) is 19.3. The fourth-order valence-electron chi connectivity index (χ4n) is 3.38. The van der Waals surface area contributed by atoms with Crippen molar-refractivity contribution in [1.82, 2.24) is 21.3 Å². The third-order valence-corrected chi connectivity index (χ3v) is 4.37. The van der Waals surface area contributed by atoms with Crippen LogP contribution in [0.4, 0.5) is 0 Å². The van der Waals surface area contributed by atoms with Gasteiger partial charge in [0.15, 0.2) is 0 Å². The average Bonchev–Trinajstić information content (AvgIpc) is 2.60. The maximum Gasteiger partial charge on any atom is 2.00 e. The number of halogens is 1. The van der Waals surface area contributed by atoms with Gasteiger partial charge in [0.05, 0.1) is 18.5 Å². The van der Waals surface area contributed by atoms with Gasteiger partial charge in [0, 0.05) is 56.3 Å². The molecular weight excluding hydrogens is 544 g/mol. The first-order chi connectivity index (χ1) is 15.7. The average molecular weight is 587 g/mol. The van der Waals surface area contributed by atoms with Gasteiger partial charge in [-0.15, -0.1) is 10.2 Å². The number of rotatable bonds is 2. The second kappa shape index (κ2) is 21.9. The molecule has 1 heterocycles. The number of aliphatic carboxylic acids is 2. The summed E-state index contributed by atoms with van der Waals surface area (Å²) in [7, 11) is -4.94. The molecule has 13 nitrogen and oxygen atoms in total. The number of carbonyl (C=O) groups excluding carboxylic acids is 1. The molecule has 1 rings (SSSR count). The Hall–Kier alpha value is -1.11. The van der Waals surface area contributed by atoms with Crippen molar-refractivity contribution < 1.29 is 65.2 Å². The summed E-state index contributed by atoms with van der Waals surface area (Å²) in [6.07, 6.45) is 1.37. The monoisotopic (exact) mass is 585 g/mol. The van der Waals surface area contributed by atoms with E-state index >= 15 is 0 Å². The van der Waals surface area contributed by atoms with Crippen LogP contribution in [-0.4, -0.2) is 66.4 Å². The zero-order valence-electron chi connectivity index (χ0n) is 22.1. The molecule has 1 aliphatic rings. The minimum absolute atomic E-state index is 0. The Morgan fingerprint density at radius 1 is 0.917 bits per heavy atom. The van der Waals surface area contributed by atoms with Crippen LogP contribution in [0.3, 0.4) is 0 Å². The molecule has 0 aromatic carbocycles. The second-order valence-corrected chi connectivity index (χ2v) is 10.0. The van der Waals surface area contributed by atoms with E-state index in [1.807, 2.05) is 0 Å². The molecule has 2 atom stereocenters. The Bertz CT molecular complexity index is 584. The van der Waals surface area contributed by atoms with E-state index in [9.17, 15) is 14.7 Å². The van der Waals surface area contributed by atoms with E-state index in [-0.39, 0.29) is 27.6 Å². The van der Waals surface area contributed by atoms with E-state index in [4.69, 9.17) is 29.0 Å². The number of hydrogen-bond donors (Lipinski definition) is 5. The van der Waals surface area contributed by atoms with Crippen LogP contribution in [-0.2, 0) is 26.1 Å². The Balaban J connectivity index is -0.000000263. The number of carboxylic acids is 2. The Morgan fingerprint density at radius 3 is 1.39 bits per heavy atom. The zero-order chi connectivity index (χ0) is 28.3. The number of carboxylic acid groups (broad SMARTS) is 2. The number of hydrogen-bond acceptors (Lipinski definition) is 12. The van der Waals surface area contributed by atoms with Gasteiger partial charge in [-0.25, -0.2) is 18.6 Å². The summed E-state index contributed by atoms with van der Waals surface area (Å²) >= 11 is 0. The molecule has 1 fully saturated rings. The van der Waals surface area contributed by atoms with Crippen LogP contribution in [0, 0.1) is 21.6 Å². The molecule has 0 amide bonds. The molecule has 1 saturated heterocycles. The molecule has 0 aromatic rings. The molecule has 1 aliphatic heterocycles. The number of nitriles is 1. The van der Waals surface area contributed by atoms with Crippen molar-refractivity contribution in [3.63, 3.8) is 0 Å². The van der Waals surface area contributed by atoms with Gasteiger partial charge < -0.3 is 36.3 Å². The Morgan fingerprint density at radius 2 is 1.19 bits per heavy atom. The van der Waals surface area contributed by atoms with Crippen LogP contribution < -0.4 is 45.0 Å². The standard InChI is InChI=1S/C16H36N4.C3H4O4.C2H3N.ClHO4.Ni/c1-13-11-15(3,4)19-10-8-18-14(2)12-16(5,6)20-9-7-17-13;4-2(5)1-3(6)7;1-2-3;2-1(3,4)5;/h13-14,17-20H,7-12H2,1-6H3;1H2,(H,4,5)(H,6,7);1H3;(H,2,3,4,5);/q;;;;+2/p-2/t13-,14-;;;;/m0..../s1. The molecule has 0 spiro atoms. The summed E-state index contributed by atoms with van der Waals surface area (Å²) in [5, 5.41) is 38.9. The molecule has 15 heteroatoms. The van der Waals surface area contributed by atoms with E-state index < -0.39 is 28.6 Å². The maximum absolute atomic E-state index is 9.39.